The molecule has 8 heteroatoms. The van der Waals surface area contributed by atoms with E-state index in [1.807, 2.05) is 6.07 Å². The Hall–Kier alpha value is -4.46. The number of benzene rings is 2. The minimum atomic E-state index is -0.457. The summed E-state index contributed by atoms with van der Waals surface area (Å²) in [7, 11) is 1.31. The number of hydrogen-bond acceptors (Lipinski definition) is 7. The lowest BCUT2D eigenvalue weighted by molar-refractivity contribution is -0.114. The molecule has 0 saturated carbocycles. The van der Waals surface area contributed by atoms with Crippen LogP contribution in [0, 0.1) is 0 Å². The number of carbonyl (C=O) groups is 3. The average Bonchev–Trinajstić information content (AvgIpc) is 3.44. The van der Waals surface area contributed by atoms with Crippen LogP contribution in [-0.2, 0) is 14.3 Å². The Balaban J connectivity index is 1.55. The van der Waals surface area contributed by atoms with Gasteiger partial charge >= 0.3 is 11.9 Å². The Morgan fingerprint density at radius 3 is 2.50 bits per heavy atom. The minimum absolute atomic E-state index is 0.295. The van der Waals surface area contributed by atoms with Crippen LogP contribution in [0.5, 0.6) is 0 Å². The van der Waals surface area contributed by atoms with Crippen LogP contribution >= 0.6 is 0 Å². The molecule has 34 heavy (non-hydrogen) atoms. The van der Waals surface area contributed by atoms with E-state index < -0.39 is 11.9 Å². The van der Waals surface area contributed by atoms with Gasteiger partial charge in [-0.1, -0.05) is 12.1 Å². The third-order valence-corrected chi connectivity index (χ3v) is 5.17. The fraction of sp³-hybridized carbons (Fsp3) is 0.154. The van der Waals surface area contributed by atoms with Gasteiger partial charge in [0, 0.05) is 5.56 Å². The van der Waals surface area contributed by atoms with E-state index in [1.165, 1.54) is 12.1 Å². The first kappa shape index (κ1) is 22.7. The highest BCUT2D eigenvalue weighted by molar-refractivity contribution is 6.32. The molecule has 2 heterocycles. The lowest BCUT2D eigenvalue weighted by Gasteiger charge is -2.12. The van der Waals surface area contributed by atoms with Gasteiger partial charge in [-0.25, -0.2) is 9.59 Å². The summed E-state index contributed by atoms with van der Waals surface area (Å²) >= 11 is 0. The number of nitrogens with zero attached hydrogens (tertiary/aromatic N) is 2. The van der Waals surface area contributed by atoms with Gasteiger partial charge in [-0.2, -0.15) is 10.1 Å². The number of methoxy groups -OCH3 is 1. The highest BCUT2D eigenvalue weighted by Gasteiger charge is 2.29. The monoisotopic (exact) mass is 458 g/mol. The quantitative estimate of drug-likeness (QED) is 0.392. The van der Waals surface area contributed by atoms with Gasteiger partial charge in [0.1, 0.15) is 11.5 Å². The van der Waals surface area contributed by atoms with E-state index in [9.17, 15) is 14.4 Å². The minimum Gasteiger partial charge on any atom is -0.465 e. The number of rotatable bonds is 6. The van der Waals surface area contributed by atoms with E-state index in [0.717, 1.165) is 0 Å². The predicted molar refractivity (Wildman–Crippen MR) is 126 cm³/mol. The van der Waals surface area contributed by atoms with Crippen molar-refractivity contribution in [2.24, 2.45) is 5.10 Å². The molecule has 0 bridgehead atoms. The van der Waals surface area contributed by atoms with Crippen molar-refractivity contribution in [1.82, 2.24) is 0 Å². The van der Waals surface area contributed by atoms with Gasteiger partial charge in [0.05, 0.1) is 41.8 Å². The molecular weight excluding hydrogens is 436 g/mol. The number of carbonyl (C=O) groups excluding carboxylic acids is 3. The van der Waals surface area contributed by atoms with Gasteiger partial charge in [0.15, 0.2) is 0 Å². The smallest absolute Gasteiger partial charge is 0.338 e. The van der Waals surface area contributed by atoms with Crippen LogP contribution < -0.4 is 5.01 Å². The van der Waals surface area contributed by atoms with Crippen LogP contribution in [0.1, 0.15) is 40.3 Å². The molecule has 0 spiro atoms. The molecule has 3 aromatic rings. The fourth-order valence-electron chi connectivity index (χ4n) is 3.46. The molecule has 172 valence electrons. The molecule has 1 aliphatic rings. The maximum absolute atomic E-state index is 13.0. The molecule has 0 fully saturated rings. The number of hydrazone groups is 1. The summed E-state index contributed by atoms with van der Waals surface area (Å²) < 4.78 is 15.7. The van der Waals surface area contributed by atoms with E-state index >= 15 is 0 Å². The zero-order chi connectivity index (χ0) is 24.2. The number of esters is 2. The summed E-state index contributed by atoms with van der Waals surface area (Å²) in [6.07, 6.45) is 1.63. The number of anilines is 1. The molecule has 4 rings (SSSR count). The van der Waals surface area contributed by atoms with Crippen LogP contribution in [0.3, 0.4) is 0 Å². The molecule has 1 aromatic heterocycles. The topological polar surface area (TPSA) is 98.4 Å². The Morgan fingerprint density at radius 2 is 1.79 bits per heavy atom. The first-order valence-corrected chi connectivity index (χ1v) is 10.6. The summed E-state index contributed by atoms with van der Waals surface area (Å²) in [5, 5.41) is 5.62. The van der Waals surface area contributed by atoms with Crippen molar-refractivity contribution >= 4 is 35.3 Å². The fourth-order valence-corrected chi connectivity index (χ4v) is 3.46. The van der Waals surface area contributed by atoms with E-state index in [4.69, 9.17) is 13.9 Å². The summed E-state index contributed by atoms with van der Waals surface area (Å²) in [5.74, 6) is -0.154. The maximum Gasteiger partial charge on any atom is 0.338 e. The lowest BCUT2D eigenvalue weighted by Crippen LogP contribution is -2.21. The molecule has 2 aromatic carbocycles. The van der Waals surface area contributed by atoms with Crippen molar-refractivity contribution < 1.29 is 28.3 Å². The third kappa shape index (κ3) is 4.52. The second-order valence-electron chi connectivity index (χ2n) is 7.40. The van der Waals surface area contributed by atoms with Crippen LogP contribution in [0.15, 0.2) is 75.8 Å². The average molecular weight is 458 g/mol. The largest absolute Gasteiger partial charge is 0.465 e. The van der Waals surface area contributed by atoms with E-state index in [1.54, 1.807) is 74.5 Å². The molecule has 0 aliphatic carbocycles. The Kier molecular flexibility index (Phi) is 6.40. The van der Waals surface area contributed by atoms with Crippen molar-refractivity contribution in [2.75, 3.05) is 18.7 Å². The highest BCUT2D eigenvalue weighted by atomic mass is 16.5. The summed E-state index contributed by atoms with van der Waals surface area (Å²) in [5.41, 5.74) is 2.97. The van der Waals surface area contributed by atoms with Crippen molar-refractivity contribution in [3.05, 3.63) is 83.1 Å². The SMILES string of the molecule is CCOC(=O)c1cccc(-c2ccc(/C=C3\C(=O)N(c4ccc(C(=O)OC)cc4)N=C3C)o2)c1. The van der Waals surface area contributed by atoms with Crippen molar-refractivity contribution in [3.63, 3.8) is 0 Å². The molecule has 1 amide bonds. The second-order valence-corrected chi connectivity index (χ2v) is 7.40. The van der Waals surface area contributed by atoms with Crippen molar-refractivity contribution in [1.29, 1.82) is 0 Å². The molecule has 1 aliphatic heterocycles. The maximum atomic E-state index is 13.0. The Labute approximate surface area is 196 Å². The van der Waals surface area contributed by atoms with E-state index in [-0.39, 0.29) is 5.91 Å². The highest BCUT2D eigenvalue weighted by Crippen LogP contribution is 2.28. The summed E-state index contributed by atoms with van der Waals surface area (Å²) in [4.78, 5) is 36.7. The Morgan fingerprint density at radius 1 is 1.03 bits per heavy atom. The third-order valence-electron chi connectivity index (χ3n) is 5.17. The first-order chi connectivity index (χ1) is 16.4. The molecule has 0 unspecified atom stereocenters. The van der Waals surface area contributed by atoms with Gasteiger partial charge in [-0.05, 0) is 68.5 Å². The predicted octanol–water partition coefficient (Wildman–Crippen LogP) is 4.72. The standard InChI is InChI=1S/C26H22N2O6/c1-4-33-26(31)19-7-5-6-18(14-19)23-13-12-21(34-23)15-22-16(2)27-28(24(22)29)20-10-8-17(9-11-20)25(30)32-3/h5-15H,4H2,1-3H3/b22-15-. The van der Waals surface area contributed by atoms with Crippen molar-refractivity contribution in [2.45, 2.75) is 13.8 Å². The zero-order valence-electron chi connectivity index (χ0n) is 18.9. The van der Waals surface area contributed by atoms with Crippen LogP contribution in [0.2, 0.25) is 0 Å². The van der Waals surface area contributed by atoms with Crippen LogP contribution in [0.4, 0.5) is 5.69 Å². The summed E-state index contributed by atoms with van der Waals surface area (Å²) in [6, 6.07) is 16.9. The molecule has 0 radical (unpaired) electrons. The van der Waals surface area contributed by atoms with Gasteiger partial charge in [0.2, 0.25) is 0 Å². The lowest BCUT2D eigenvalue weighted by atomic mass is 10.1. The van der Waals surface area contributed by atoms with E-state index in [0.29, 0.717) is 51.8 Å². The molecule has 0 saturated heterocycles. The number of ether oxygens (including phenoxy) is 2. The Bertz CT molecular complexity index is 1320. The molecular formula is C26H22N2O6. The molecule has 8 nitrogen and oxygen atoms in total. The van der Waals surface area contributed by atoms with E-state index in [2.05, 4.69) is 5.10 Å². The normalized spacial score (nSPS) is 14.3. The zero-order valence-corrected chi connectivity index (χ0v) is 18.9. The summed E-state index contributed by atoms with van der Waals surface area (Å²) in [6.45, 7) is 3.78. The van der Waals surface area contributed by atoms with Gasteiger partial charge < -0.3 is 13.9 Å². The van der Waals surface area contributed by atoms with Crippen LogP contribution in [-0.4, -0.2) is 37.3 Å². The first-order valence-electron chi connectivity index (χ1n) is 10.6. The number of amides is 1. The van der Waals surface area contributed by atoms with Crippen LogP contribution in [0.25, 0.3) is 17.4 Å². The van der Waals surface area contributed by atoms with Gasteiger partial charge in [-0.15, -0.1) is 0 Å². The molecule has 0 N–H and O–H groups in total. The number of hydrogen-bond donors (Lipinski definition) is 0. The van der Waals surface area contributed by atoms with Crippen molar-refractivity contribution in [3.8, 4) is 11.3 Å². The van der Waals surface area contributed by atoms with Gasteiger partial charge in [0.25, 0.3) is 5.91 Å². The molecule has 0 atom stereocenters. The second kappa shape index (κ2) is 9.58. The van der Waals surface area contributed by atoms with Gasteiger partial charge in [-0.3, -0.25) is 4.79 Å². The number of furan rings is 1.